The van der Waals surface area contributed by atoms with Gasteiger partial charge in [-0.1, -0.05) is 29.3 Å². The summed E-state index contributed by atoms with van der Waals surface area (Å²) < 4.78 is 5.71. The lowest BCUT2D eigenvalue weighted by atomic mass is 10.3. The van der Waals surface area contributed by atoms with Crippen LogP contribution in [0.25, 0.3) is 0 Å². The first-order valence-corrected chi connectivity index (χ1v) is 5.34. The second-order valence-corrected chi connectivity index (χ2v) is 4.10. The molecule has 1 aromatic rings. The van der Waals surface area contributed by atoms with Crippen LogP contribution in [0.3, 0.4) is 0 Å². The first-order chi connectivity index (χ1) is 6.77. The number of para-hydroxylation sites is 1. The molecule has 0 bridgehead atoms. The van der Waals surface area contributed by atoms with Crippen molar-refractivity contribution >= 4 is 23.2 Å². The summed E-state index contributed by atoms with van der Waals surface area (Å²) >= 11 is 12.0. The predicted molar refractivity (Wildman–Crippen MR) is 58.4 cm³/mol. The van der Waals surface area contributed by atoms with Gasteiger partial charge in [0.05, 0.1) is 10.0 Å². The third-order valence-corrected chi connectivity index (χ3v) is 2.81. The molecule has 2 nitrogen and oxygen atoms in total. The molecule has 0 aromatic heterocycles. The van der Waals surface area contributed by atoms with Gasteiger partial charge in [-0.3, -0.25) is 0 Å². The highest BCUT2D eigenvalue weighted by Gasteiger charge is 2.18. The highest BCUT2D eigenvalue weighted by Crippen LogP contribution is 2.33. The Kier molecular flexibility index (Phi) is 3.16. The van der Waals surface area contributed by atoms with Gasteiger partial charge in [0.2, 0.25) is 0 Å². The third-order valence-electron chi connectivity index (χ3n) is 2.22. The third kappa shape index (κ3) is 2.14. The molecule has 0 amide bonds. The maximum absolute atomic E-state index is 5.98. The molecular formula is C10H11Cl2NO. The van der Waals surface area contributed by atoms with E-state index in [2.05, 4.69) is 5.32 Å². The fourth-order valence-electron chi connectivity index (χ4n) is 1.49. The quantitative estimate of drug-likeness (QED) is 0.846. The summed E-state index contributed by atoms with van der Waals surface area (Å²) in [5, 5.41) is 4.37. The van der Waals surface area contributed by atoms with Gasteiger partial charge in [0, 0.05) is 6.54 Å². The number of nitrogens with one attached hydrogen (secondary N) is 1. The molecule has 0 radical (unpaired) electrons. The molecule has 1 N–H and O–H groups in total. The summed E-state index contributed by atoms with van der Waals surface area (Å²) in [4.78, 5) is 0. The molecule has 1 aliphatic rings. The molecule has 76 valence electrons. The number of benzene rings is 1. The lowest BCUT2D eigenvalue weighted by Gasteiger charge is -2.14. The van der Waals surface area contributed by atoms with Gasteiger partial charge >= 0.3 is 0 Å². The van der Waals surface area contributed by atoms with Crippen LogP contribution in [0.4, 0.5) is 0 Å². The molecule has 1 aliphatic heterocycles. The Bertz CT molecular complexity index is 304. The number of halogens is 2. The van der Waals surface area contributed by atoms with Crippen LogP contribution in [0.5, 0.6) is 5.75 Å². The number of hydrogen-bond acceptors (Lipinski definition) is 2. The fraction of sp³-hybridized carbons (Fsp3) is 0.400. The van der Waals surface area contributed by atoms with Crippen molar-refractivity contribution in [2.24, 2.45) is 0 Å². The lowest BCUT2D eigenvalue weighted by Crippen LogP contribution is -2.19. The molecule has 1 saturated heterocycles. The van der Waals surface area contributed by atoms with Gasteiger partial charge in [-0.25, -0.2) is 0 Å². The summed E-state index contributed by atoms with van der Waals surface area (Å²) in [6.07, 6.45) is 1.19. The molecule has 4 heteroatoms. The average Bonchev–Trinajstić information content (AvgIpc) is 2.64. The van der Waals surface area contributed by atoms with Crippen LogP contribution < -0.4 is 10.1 Å². The van der Waals surface area contributed by atoms with E-state index in [4.69, 9.17) is 27.9 Å². The minimum absolute atomic E-state index is 0.187. The molecule has 1 atom stereocenters. The van der Waals surface area contributed by atoms with E-state index in [9.17, 15) is 0 Å². The largest absolute Gasteiger partial charge is 0.486 e. The Morgan fingerprint density at radius 2 is 2.00 bits per heavy atom. The van der Waals surface area contributed by atoms with Crippen LogP contribution in [-0.4, -0.2) is 19.2 Å². The highest BCUT2D eigenvalue weighted by molar-refractivity contribution is 6.37. The van der Waals surface area contributed by atoms with Crippen LogP contribution in [-0.2, 0) is 0 Å². The van der Waals surface area contributed by atoms with E-state index in [-0.39, 0.29) is 6.10 Å². The van der Waals surface area contributed by atoms with Crippen LogP contribution in [0, 0.1) is 0 Å². The van der Waals surface area contributed by atoms with Crippen molar-refractivity contribution in [2.75, 3.05) is 13.1 Å². The van der Waals surface area contributed by atoms with Gasteiger partial charge in [-0.15, -0.1) is 0 Å². The molecule has 0 unspecified atom stereocenters. The zero-order valence-electron chi connectivity index (χ0n) is 7.59. The molecule has 1 heterocycles. The van der Waals surface area contributed by atoms with E-state index in [0.29, 0.717) is 15.8 Å². The van der Waals surface area contributed by atoms with Crippen molar-refractivity contribution in [1.82, 2.24) is 5.32 Å². The summed E-state index contributed by atoms with van der Waals surface area (Å²) in [6, 6.07) is 5.38. The minimum atomic E-state index is 0.187. The Balaban J connectivity index is 2.14. The predicted octanol–water partition coefficient (Wildman–Crippen LogP) is 2.73. The minimum Gasteiger partial charge on any atom is -0.486 e. The summed E-state index contributed by atoms with van der Waals surface area (Å²) in [5.41, 5.74) is 0. The van der Waals surface area contributed by atoms with E-state index in [1.165, 1.54) is 0 Å². The van der Waals surface area contributed by atoms with Gasteiger partial charge in [0.25, 0.3) is 0 Å². The summed E-state index contributed by atoms with van der Waals surface area (Å²) in [6.45, 7) is 1.86. The van der Waals surface area contributed by atoms with Crippen molar-refractivity contribution in [3.8, 4) is 5.75 Å². The molecule has 2 rings (SSSR count). The van der Waals surface area contributed by atoms with E-state index in [1.807, 2.05) is 6.07 Å². The lowest BCUT2D eigenvalue weighted by molar-refractivity contribution is 0.223. The van der Waals surface area contributed by atoms with Gasteiger partial charge in [-0.2, -0.15) is 0 Å². The van der Waals surface area contributed by atoms with E-state index < -0.39 is 0 Å². The maximum Gasteiger partial charge on any atom is 0.156 e. The van der Waals surface area contributed by atoms with Crippen molar-refractivity contribution in [2.45, 2.75) is 12.5 Å². The highest BCUT2D eigenvalue weighted by atomic mass is 35.5. The number of hydrogen-bond donors (Lipinski definition) is 1. The number of ether oxygens (including phenoxy) is 1. The van der Waals surface area contributed by atoms with Gasteiger partial charge in [-0.05, 0) is 25.1 Å². The van der Waals surface area contributed by atoms with Gasteiger partial charge in [0.15, 0.2) is 5.75 Å². The van der Waals surface area contributed by atoms with E-state index in [0.717, 1.165) is 19.5 Å². The van der Waals surface area contributed by atoms with Crippen molar-refractivity contribution in [3.05, 3.63) is 28.2 Å². The van der Waals surface area contributed by atoms with Crippen LogP contribution in [0.1, 0.15) is 6.42 Å². The van der Waals surface area contributed by atoms with E-state index >= 15 is 0 Å². The number of rotatable bonds is 2. The van der Waals surface area contributed by atoms with Crippen molar-refractivity contribution in [1.29, 1.82) is 0 Å². The zero-order valence-corrected chi connectivity index (χ0v) is 9.11. The maximum atomic E-state index is 5.98. The molecule has 1 fully saturated rings. The van der Waals surface area contributed by atoms with Crippen molar-refractivity contribution < 1.29 is 4.74 Å². The van der Waals surface area contributed by atoms with Crippen LogP contribution in [0.2, 0.25) is 10.0 Å². The molecular weight excluding hydrogens is 221 g/mol. The molecule has 1 aromatic carbocycles. The summed E-state index contributed by atoms with van der Waals surface area (Å²) in [5.74, 6) is 0.601. The smallest absolute Gasteiger partial charge is 0.156 e. The Morgan fingerprint density at radius 1 is 1.29 bits per heavy atom. The first-order valence-electron chi connectivity index (χ1n) is 4.59. The van der Waals surface area contributed by atoms with E-state index in [1.54, 1.807) is 12.1 Å². The van der Waals surface area contributed by atoms with Crippen molar-refractivity contribution in [3.63, 3.8) is 0 Å². The van der Waals surface area contributed by atoms with Gasteiger partial charge < -0.3 is 10.1 Å². The summed E-state index contributed by atoms with van der Waals surface area (Å²) in [7, 11) is 0. The second kappa shape index (κ2) is 4.39. The van der Waals surface area contributed by atoms with Gasteiger partial charge in [0.1, 0.15) is 6.10 Å². The molecule has 0 saturated carbocycles. The Morgan fingerprint density at radius 3 is 2.57 bits per heavy atom. The normalized spacial score (nSPS) is 21.1. The topological polar surface area (TPSA) is 21.3 Å². The molecule has 0 aliphatic carbocycles. The second-order valence-electron chi connectivity index (χ2n) is 3.28. The first kappa shape index (κ1) is 10.1. The monoisotopic (exact) mass is 231 g/mol. The Labute approximate surface area is 93.2 Å². The molecule has 0 spiro atoms. The Hall–Kier alpha value is -0.440. The standard InChI is InChI=1S/C10H11Cl2NO/c11-8-2-1-3-9(12)10(8)14-7-4-5-13-6-7/h1-3,7,13H,4-6H2/t7-/m0/s1. The fourth-order valence-corrected chi connectivity index (χ4v) is 1.98. The molecule has 14 heavy (non-hydrogen) atoms. The SMILES string of the molecule is Clc1cccc(Cl)c1O[C@H]1CCNC1. The van der Waals surface area contributed by atoms with Crippen LogP contribution in [0.15, 0.2) is 18.2 Å². The van der Waals surface area contributed by atoms with Crippen LogP contribution >= 0.6 is 23.2 Å². The zero-order chi connectivity index (χ0) is 9.97. The average molecular weight is 232 g/mol.